The lowest BCUT2D eigenvalue weighted by molar-refractivity contribution is -0.348. The average molecular weight is 903 g/mol. The van der Waals surface area contributed by atoms with Crippen LogP contribution in [0.4, 0.5) is 0 Å². The van der Waals surface area contributed by atoms with E-state index >= 15 is 0 Å². The lowest BCUT2D eigenvalue weighted by Gasteiger charge is -2.45. The maximum absolute atomic E-state index is 14.2. The number of hydrogen-bond donors (Lipinski definition) is 12. The maximum atomic E-state index is 14.2. The Morgan fingerprint density at radius 1 is 0.688 bits per heavy atom. The normalized spacial score (nSPS) is 33.2. The van der Waals surface area contributed by atoms with E-state index in [2.05, 4.69) is 0 Å². The van der Waals surface area contributed by atoms with Crippen LogP contribution in [0.5, 0.6) is 28.7 Å². The standard InChI is InChI=1S/C42H46O22/c1-16-37(63-42-35(55)31(51)28(48)24(14-43)61-42)33(53)36(56)40(58-16)64-39-30(50)27-22(46)12-21(13-23(27)60-38(39)18-5-9-20(45)10-6-18)59-41-34(54)32(52)29(49)25(62-41)15-57-26(47)11-4-17-2-7-19(44)8-3-17/h2-13,16,24-25,28-29,31-37,40-46,48-49,51-56H,14-15H2,1H3. The number of fused-ring (bicyclic) bond motifs is 1. The number of rotatable bonds is 12. The number of esters is 1. The van der Waals surface area contributed by atoms with Crippen LogP contribution in [0, 0.1) is 0 Å². The Labute approximate surface area is 361 Å². The van der Waals surface area contributed by atoms with Crippen molar-refractivity contribution in [3.8, 4) is 40.1 Å². The molecule has 346 valence electrons. The molecule has 15 unspecified atom stereocenters. The summed E-state index contributed by atoms with van der Waals surface area (Å²) in [6.07, 6.45) is -23.1. The molecule has 4 heterocycles. The summed E-state index contributed by atoms with van der Waals surface area (Å²) in [4.78, 5) is 26.6. The van der Waals surface area contributed by atoms with Gasteiger partial charge in [0.2, 0.25) is 23.8 Å². The van der Waals surface area contributed by atoms with Crippen molar-refractivity contribution >= 4 is 23.0 Å². The van der Waals surface area contributed by atoms with Crippen LogP contribution in [0.2, 0.25) is 0 Å². The van der Waals surface area contributed by atoms with Gasteiger partial charge < -0.3 is 98.9 Å². The number of carbonyl (C=O) groups excluding carboxylic acids is 1. The molecule has 7 rings (SSSR count). The van der Waals surface area contributed by atoms with E-state index in [1.54, 1.807) is 12.1 Å². The topological polar surface area (TPSA) is 355 Å². The molecule has 3 aliphatic rings. The van der Waals surface area contributed by atoms with E-state index in [0.717, 1.165) is 18.2 Å². The molecule has 22 nitrogen and oxygen atoms in total. The predicted octanol–water partition coefficient (Wildman–Crippen LogP) is -1.95. The molecule has 0 bridgehead atoms. The summed E-state index contributed by atoms with van der Waals surface area (Å²) in [5, 5.41) is 125. The Bertz CT molecular complexity index is 2330. The smallest absolute Gasteiger partial charge is 0.330 e. The van der Waals surface area contributed by atoms with Gasteiger partial charge in [0.1, 0.15) is 108 Å². The molecule has 15 atom stereocenters. The molecule has 3 aliphatic heterocycles. The lowest BCUT2D eigenvalue weighted by Crippen LogP contribution is -2.64. The highest BCUT2D eigenvalue weighted by Gasteiger charge is 2.51. The molecule has 3 fully saturated rings. The highest BCUT2D eigenvalue weighted by molar-refractivity contribution is 5.88. The zero-order chi connectivity index (χ0) is 46.1. The van der Waals surface area contributed by atoms with Gasteiger partial charge in [-0.3, -0.25) is 4.79 Å². The van der Waals surface area contributed by atoms with E-state index in [-0.39, 0.29) is 34.2 Å². The molecule has 1 aromatic heterocycles. The Morgan fingerprint density at radius 3 is 1.92 bits per heavy atom. The summed E-state index contributed by atoms with van der Waals surface area (Å²) in [7, 11) is 0. The van der Waals surface area contributed by atoms with Crippen LogP contribution in [0.25, 0.3) is 28.4 Å². The minimum absolute atomic E-state index is 0.0237. The maximum Gasteiger partial charge on any atom is 0.330 e. The summed E-state index contributed by atoms with van der Waals surface area (Å²) in [5.74, 6) is -3.08. The number of carbonyl (C=O) groups is 1. The SMILES string of the molecule is CC1OC(Oc2c(-c3ccc(O)cc3)oc3cc(OC4OC(COC(=O)C=Cc5ccc(O)cc5)C(O)C(O)C4O)cc(O)c3c2=O)C(O)C(O)C1OC1OC(CO)C(O)C(O)C1O. The van der Waals surface area contributed by atoms with Gasteiger partial charge in [0.05, 0.1) is 12.7 Å². The van der Waals surface area contributed by atoms with Gasteiger partial charge in [-0.15, -0.1) is 0 Å². The molecular formula is C42H46O22. The van der Waals surface area contributed by atoms with Gasteiger partial charge in [-0.2, -0.15) is 0 Å². The second kappa shape index (κ2) is 19.3. The van der Waals surface area contributed by atoms with E-state index in [9.17, 15) is 70.9 Å². The molecule has 12 N–H and O–H groups in total. The first-order chi connectivity index (χ1) is 30.4. The minimum atomic E-state index is -2.00. The van der Waals surface area contributed by atoms with Crippen molar-refractivity contribution < 1.29 is 104 Å². The van der Waals surface area contributed by atoms with Crippen LogP contribution >= 0.6 is 0 Å². The fourth-order valence-corrected chi connectivity index (χ4v) is 7.23. The van der Waals surface area contributed by atoms with Crippen molar-refractivity contribution in [1.82, 2.24) is 0 Å². The molecule has 0 aliphatic carbocycles. The molecule has 3 aromatic carbocycles. The van der Waals surface area contributed by atoms with Gasteiger partial charge >= 0.3 is 5.97 Å². The monoisotopic (exact) mass is 902 g/mol. The van der Waals surface area contributed by atoms with Gasteiger partial charge in [-0.1, -0.05) is 12.1 Å². The number of phenolic OH excluding ortho intramolecular Hbond substituents is 3. The average Bonchev–Trinajstić information content (AvgIpc) is 3.27. The third-order valence-electron chi connectivity index (χ3n) is 10.8. The molecule has 0 saturated carbocycles. The molecule has 0 spiro atoms. The van der Waals surface area contributed by atoms with Gasteiger partial charge in [0.25, 0.3) is 0 Å². The summed E-state index contributed by atoms with van der Waals surface area (Å²) in [5.41, 5.74) is -0.716. The van der Waals surface area contributed by atoms with Crippen LogP contribution in [-0.4, -0.2) is 173 Å². The fourth-order valence-electron chi connectivity index (χ4n) is 7.23. The van der Waals surface area contributed by atoms with Crippen LogP contribution < -0.4 is 14.9 Å². The van der Waals surface area contributed by atoms with Crippen molar-refractivity contribution in [1.29, 1.82) is 0 Å². The zero-order valence-corrected chi connectivity index (χ0v) is 33.5. The summed E-state index contributed by atoms with van der Waals surface area (Å²) in [6, 6.07) is 13.1. The molecule has 0 amide bonds. The van der Waals surface area contributed by atoms with Crippen LogP contribution in [0.3, 0.4) is 0 Å². The number of ether oxygens (including phenoxy) is 7. The first-order valence-electron chi connectivity index (χ1n) is 19.7. The Morgan fingerprint density at radius 2 is 1.27 bits per heavy atom. The minimum Gasteiger partial charge on any atom is -0.508 e. The number of hydrogen-bond acceptors (Lipinski definition) is 22. The van der Waals surface area contributed by atoms with Crippen LogP contribution in [0.1, 0.15) is 12.5 Å². The van der Waals surface area contributed by atoms with E-state index in [4.69, 9.17) is 37.6 Å². The van der Waals surface area contributed by atoms with E-state index in [1.807, 2.05) is 0 Å². The first kappa shape index (κ1) is 46.5. The van der Waals surface area contributed by atoms with E-state index < -0.39 is 134 Å². The van der Waals surface area contributed by atoms with E-state index in [0.29, 0.717) is 5.56 Å². The molecule has 64 heavy (non-hydrogen) atoms. The highest BCUT2D eigenvalue weighted by Crippen LogP contribution is 2.39. The van der Waals surface area contributed by atoms with Crippen molar-refractivity contribution in [2.45, 2.75) is 99.0 Å². The number of phenols is 3. The Kier molecular flexibility index (Phi) is 14.1. The third kappa shape index (κ3) is 9.64. The Hall–Kier alpha value is -5.44. The van der Waals surface area contributed by atoms with Crippen molar-refractivity contribution in [2.75, 3.05) is 13.2 Å². The molecule has 0 radical (unpaired) electrons. The largest absolute Gasteiger partial charge is 0.508 e. The van der Waals surface area contributed by atoms with Gasteiger partial charge in [0.15, 0.2) is 12.1 Å². The zero-order valence-electron chi connectivity index (χ0n) is 33.5. The number of aromatic hydroxyl groups is 3. The van der Waals surface area contributed by atoms with E-state index in [1.165, 1.54) is 49.4 Å². The van der Waals surface area contributed by atoms with Crippen molar-refractivity contribution in [3.05, 3.63) is 82.5 Å². The number of benzene rings is 3. The lowest BCUT2D eigenvalue weighted by atomic mass is 9.97. The fraction of sp³-hybridized carbons (Fsp3) is 0.429. The second-order valence-electron chi connectivity index (χ2n) is 15.2. The summed E-state index contributed by atoms with van der Waals surface area (Å²) < 4.78 is 45.3. The first-order valence-corrected chi connectivity index (χ1v) is 19.7. The van der Waals surface area contributed by atoms with Crippen molar-refractivity contribution in [3.63, 3.8) is 0 Å². The highest BCUT2D eigenvalue weighted by atomic mass is 16.7. The van der Waals surface area contributed by atoms with Crippen LogP contribution in [-0.2, 0) is 28.5 Å². The van der Waals surface area contributed by atoms with Gasteiger partial charge in [-0.05, 0) is 55.0 Å². The van der Waals surface area contributed by atoms with Crippen LogP contribution in [0.15, 0.2) is 76.0 Å². The Balaban J connectivity index is 1.11. The molecule has 3 saturated heterocycles. The number of aliphatic hydroxyl groups excluding tert-OH is 9. The number of aliphatic hydroxyl groups is 9. The molecular weight excluding hydrogens is 856 g/mol. The van der Waals surface area contributed by atoms with Gasteiger partial charge in [-0.25, -0.2) is 4.79 Å². The van der Waals surface area contributed by atoms with Crippen molar-refractivity contribution in [2.24, 2.45) is 0 Å². The molecule has 22 heteroatoms. The van der Waals surface area contributed by atoms with Gasteiger partial charge in [0, 0.05) is 23.8 Å². The molecule has 4 aromatic rings. The predicted molar refractivity (Wildman–Crippen MR) is 212 cm³/mol. The summed E-state index contributed by atoms with van der Waals surface area (Å²) >= 11 is 0. The quantitative estimate of drug-likeness (QED) is 0.0543. The third-order valence-corrected chi connectivity index (χ3v) is 10.8. The summed E-state index contributed by atoms with van der Waals surface area (Å²) in [6.45, 7) is 0.000572. The second-order valence-corrected chi connectivity index (χ2v) is 15.2.